The van der Waals surface area contributed by atoms with E-state index in [2.05, 4.69) is 32.6 Å². The SMILES string of the molecule is COCc1nc(C2CCOCC2)nc(Cl)c1I. The fourth-order valence-corrected chi connectivity index (χ4v) is 2.44. The molecule has 0 aromatic carbocycles. The fourth-order valence-electron chi connectivity index (χ4n) is 1.85. The zero-order valence-electron chi connectivity index (χ0n) is 9.58. The molecule has 0 aliphatic carbocycles. The van der Waals surface area contributed by atoms with Gasteiger partial charge in [0.1, 0.15) is 11.0 Å². The monoisotopic (exact) mass is 368 g/mol. The van der Waals surface area contributed by atoms with Gasteiger partial charge in [0, 0.05) is 26.2 Å². The second-order valence-electron chi connectivity index (χ2n) is 3.95. The van der Waals surface area contributed by atoms with Crippen molar-refractivity contribution in [1.29, 1.82) is 0 Å². The molecule has 0 spiro atoms. The minimum absolute atomic E-state index is 0.355. The first-order chi connectivity index (χ1) is 8.22. The van der Waals surface area contributed by atoms with E-state index in [-0.39, 0.29) is 0 Å². The van der Waals surface area contributed by atoms with Crippen LogP contribution in [0.25, 0.3) is 0 Å². The summed E-state index contributed by atoms with van der Waals surface area (Å²) in [4.78, 5) is 8.94. The lowest BCUT2D eigenvalue weighted by atomic mass is 9.99. The Labute approximate surface area is 119 Å². The van der Waals surface area contributed by atoms with E-state index in [1.807, 2.05) is 0 Å². The van der Waals surface area contributed by atoms with E-state index in [9.17, 15) is 0 Å². The summed E-state index contributed by atoms with van der Waals surface area (Å²) in [6.45, 7) is 2.02. The van der Waals surface area contributed by atoms with Crippen molar-refractivity contribution in [1.82, 2.24) is 9.97 Å². The van der Waals surface area contributed by atoms with Gasteiger partial charge in [0.15, 0.2) is 0 Å². The van der Waals surface area contributed by atoms with Gasteiger partial charge in [0.2, 0.25) is 0 Å². The maximum Gasteiger partial charge on any atom is 0.146 e. The molecule has 2 heterocycles. The summed E-state index contributed by atoms with van der Waals surface area (Å²) in [5, 5.41) is 0.522. The molecule has 1 aromatic rings. The van der Waals surface area contributed by atoms with Crippen LogP contribution in [-0.2, 0) is 16.1 Å². The quantitative estimate of drug-likeness (QED) is 0.608. The number of aromatic nitrogens is 2. The lowest BCUT2D eigenvalue weighted by Crippen LogP contribution is -2.17. The summed E-state index contributed by atoms with van der Waals surface area (Å²) in [5.41, 5.74) is 0.870. The molecule has 1 aliphatic rings. The first-order valence-corrected chi connectivity index (χ1v) is 6.96. The molecule has 2 rings (SSSR count). The van der Waals surface area contributed by atoms with Gasteiger partial charge in [0.25, 0.3) is 0 Å². The van der Waals surface area contributed by atoms with Crippen molar-refractivity contribution < 1.29 is 9.47 Å². The van der Waals surface area contributed by atoms with E-state index < -0.39 is 0 Å². The highest BCUT2D eigenvalue weighted by Gasteiger charge is 2.21. The molecule has 6 heteroatoms. The molecule has 17 heavy (non-hydrogen) atoms. The Morgan fingerprint density at radius 3 is 2.76 bits per heavy atom. The first-order valence-electron chi connectivity index (χ1n) is 5.51. The Morgan fingerprint density at radius 2 is 2.12 bits per heavy atom. The second kappa shape index (κ2) is 6.26. The predicted octanol–water partition coefficient (Wildman–Crippen LogP) is 2.78. The third-order valence-corrected chi connectivity index (χ3v) is 4.49. The molecular weight excluding hydrogens is 354 g/mol. The second-order valence-corrected chi connectivity index (χ2v) is 5.39. The number of hydrogen-bond acceptors (Lipinski definition) is 4. The molecule has 94 valence electrons. The van der Waals surface area contributed by atoms with Crippen LogP contribution in [0.3, 0.4) is 0 Å². The Hall–Kier alpha value is 0.0200. The fraction of sp³-hybridized carbons (Fsp3) is 0.636. The molecule has 0 unspecified atom stereocenters. The van der Waals surface area contributed by atoms with Crippen LogP contribution in [0, 0.1) is 3.57 Å². The number of ether oxygens (including phenoxy) is 2. The topological polar surface area (TPSA) is 44.2 Å². The number of rotatable bonds is 3. The maximum absolute atomic E-state index is 6.13. The third kappa shape index (κ3) is 3.27. The molecule has 0 amide bonds. The molecule has 1 saturated heterocycles. The lowest BCUT2D eigenvalue weighted by Gasteiger charge is -2.21. The van der Waals surface area contributed by atoms with E-state index in [1.165, 1.54) is 0 Å². The molecule has 0 bridgehead atoms. The van der Waals surface area contributed by atoms with Gasteiger partial charge in [-0.15, -0.1) is 0 Å². The Morgan fingerprint density at radius 1 is 1.41 bits per heavy atom. The van der Waals surface area contributed by atoms with Crippen molar-refractivity contribution in [2.45, 2.75) is 25.4 Å². The molecule has 0 saturated carbocycles. The van der Waals surface area contributed by atoms with Crippen molar-refractivity contribution in [3.05, 3.63) is 20.2 Å². The van der Waals surface area contributed by atoms with Crippen molar-refractivity contribution in [3.63, 3.8) is 0 Å². The van der Waals surface area contributed by atoms with Crippen LogP contribution in [-0.4, -0.2) is 30.3 Å². The minimum Gasteiger partial charge on any atom is -0.381 e. The van der Waals surface area contributed by atoms with Crippen LogP contribution in [0.4, 0.5) is 0 Å². The van der Waals surface area contributed by atoms with Crippen LogP contribution in [0.15, 0.2) is 0 Å². The van der Waals surface area contributed by atoms with Crippen LogP contribution in [0.2, 0.25) is 5.15 Å². The summed E-state index contributed by atoms with van der Waals surface area (Å²) < 4.78 is 11.3. The summed E-state index contributed by atoms with van der Waals surface area (Å²) in [6, 6.07) is 0. The van der Waals surface area contributed by atoms with Crippen molar-refractivity contribution >= 4 is 34.2 Å². The molecule has 1 aromatic heterocycles. The van der Waals surface area contributed by atoms with Gasteiger partial charge >= 0.3 is 0 Å². The van der Waals surface area contributed by atoms with Gasteiger partial charge in [-0.25, -0.2) is 9.97 Å². The smallest absolute Gasteiger partial charge is 0.146 e. The lowest BCUT2D eigenvalue weighted by molar-refractivity contribution is 0.0833. The largest absolute Gasteiger partial charge is 0.381 e. The number of hydrogen-bond donors (Lipinski definition) is 0. The molecule has 1 aliphatic heterocycles. The van der Waals surface area contributed by atoms with Crippen LogP contribution in [0.1, 0.15) is 30.3 Å². The number of halogens is 2. The van der Waals surface area contributed by atoms with E-state index in [4.69, 9.17) is 21.1 Å². The average molecular weight is 369 g/mol. The van der Waals surface area contributed by atoms with Gasteiger partial charge < -0.3 is 9.47 Å². The minimum atomic E-state index is 0.355. The summed E-state index contributed by atoms with van der Waals surface area (Å²) in [7, 11) is 1.65. The van der Waals surface area contributed by atoms with Crippen LogP contribution in [0.5, 0.6) is 0 Å². The normalized spacial score (nSPS) is 17.4. The van der Waals surface area contributed by atoms with Gasteiger partial charge in [-0.2, -0.15) is 0 Å². The maximum atomic E-state index is 6.13. The van der Waals surface area contributed by atoms with E-state index in [0.717, 1.165) is 41.1 Å². The van der Waals surface area contributed by atoms with Crippen molar-refractivity contribution in [2.24, 2.45) is 0 Å². The highest BCUT2D eigenvalue weighted by Crippen LogP contribution is 2.28. The summed E-state index contributed by atoms with van der Waals surface area (Å²) >= 11 is 8.28. The Kier molecular flexibility index (Phi) is 4.96. The van der Waals surface area contributed by atoms with Crippen molar-refractivity contribution in [3.8, 4) is 0 Å². The highest BCUT2D eigenvalue weighted by atomic mass is 127. The van der Waals surface area contributed by atoms with E-state index in [0.29, 0.717) is 17.7 Å². The van der Waals surface area contributed by atoms with Gasteiger partial charge in [0.05, 0.1) is 15.9 Å². The average Bonchev–Trinajstić information content (AvgIpc) is 2.36. The predicted molar refractivity (Wildman–Crippen MR) is 73.3 cm³/mol. The van der Waals surface area contributed by atoms with E-state index >= 15 is 0 Å². The zero-order chi connectivity index (χ0) is 12.3. The molecule has 4 nitrogen and oxygen atoms in total. The molecule has 0 radical (unpaired) electrons. The van der Waals surface area contributed by atoms with Gasteiger partial charge in [-0.3, -0.25) is 0 Å². The Bertz CT molecular complexity index is 397. The highest BCUT2D eigenvalue weighted by molar-refractivity contribution is 14.1. The summed E-state index contributed by atoms with van der Waals surface area (Å²) in [6.07, 6.45) is 1.92. The zero-order valence-corrected chi connectivity index (χ0v) is 12.5. The Balaban J connectivity index is 2.27. The molecular formula is C11H14ClIN2O2. The van der Waals surface area contributed by atoms with Gasteiger partial charge in [-0.05, 0) is 35.4 Å². The van der Waals surface area contributed by atoms with Gasteiger partial charge in [-0.1, -0.05) is 11.6 Å². The molecule has 0 atom stereocenters. The van der Waals surface area contributed by atoms with E-state index in [1.54, 1.807) is 7.11 Å². The molecule has 1 fully saturated rings. The third-order valence-electron chi connectivity index (χ3n) is 2.76. The number of methoxy groups -OCH3 is 1. The van der Waals surface area contributed by atoms with Crippen LogP contribution >= 0.6 is 34.2 Å². The number of nitrogens with zero attached hydrogens (tertiary/aromatic N) is 2. The van der Waals surface area contributed by atoms with Crippen molar-refractivity contribution in [2.75, 3.05) is 20.3 Å². The first kappa shape index (κ1) is 13.5. The summed E-state index contributed by atoms with van der Waals surface area (Å²) in [5.74, 6) is 1.18. The molecule has 0 N–H and O–H groups in total. The standard InChI is InChI=1S/C11H14ClIN2O2/c1-16-6-8-9(13)10(12)15-11(14-8)7-2-4-17-5-3-7/h7H,2-6H2,1H3. The van der Waals surface area contributed by atoms with Crippen LogP contribution < -0.4 is 0 Å².